The Kier molecular flexibility index (Phi) is 4.71. The molecule has 1 aliphatic heterocycles. The molecule has 138 valence electrons. The predicted octanol–water partition coefficient (Wildman–Crippen LogP) is 1.39. The van der Waals surface area contributed by atoms with Gasteiger partial charge >= 0.3 is 0 Å². The van der Waals surface area contributed by atoms with Gasteiger partial charge in [0.1, 0.15) is 5.75 Å². The lowest BCUT2D eigenvalue weighted by Crippen LogP contribution is -2.32. The van der Waals surface area contributed by atoms with E-state index >= 15 is 0 Å². The van der Waals surface area contributed by atoms with Crippen molar-refractivity contribution in [3.8, 4) is 5.75 Å². The number of primary amides is 1. The van der Waals surface area contributed by atoms with Gasteiger partial charge in [-0.1, -0.05) is 0 Å². The van der Waals surface area contributed by atoms with E-state index in [1.54, 1.807) is 35.0 Å². The minimum absolute atomic E-state index is 0.0968. The Labute approximate surface area is 152 Å². The van der Waals surface area contributed by atoms with Crippen LogP contribution in [0.2, 0.25) is 0 Å². The van der Waals surface area contributed by atoms with Gasteiger partial charge in [0.15, 0.2) is 0 Å². The van der Waals surface area contributed by atoms with Crippen LogP contribution in [-0.4, -0.2) is 46.7 Å². The first-order valence-corrected chi connectivity index (χ1v) is 8.55. The van der Waals surface area contributed by atoms with Gasteiger partial charge in [0, 0.05) is 37.3 Å². The van der Waals surface area contributed by atoms with Gasteiger partial charge in [0.25, 0.3) is 5.91 Å². The maximum Gasteiger partial charge on any atom is 0.254 e. The minimum atomic E-state index is -0.416. The van der Waals surface area contributed by atoms with Gasteiger partial charge in [-0.05, 0) is 43.2 Å². The number of aryl methyl sites for hydroxylation is 2. The van der Waals surface area contributed by atoms with Crippen molar-refractivity contribution in [3.63, 3.8) is 0 Å². The summed E-state index contributed by atoms with van der Waals surface area (Å²) in [4.78, 5) is 26.7. The summed E-state index contributed by atoms with van der Waals surface area (Å²) in [5, 5.41) is 4.26. The Balaban J connectivity index is 1.89. The highest BCUT2D eigenvalue weighted by Crippen LogP contribution is 2.35. The van der Waals surface area contributed by atoms with E-state index in [1.165, 1.54) is 0 Å². The van der Waals surface area contributed by atoms with Crippen LogP contribution in [0.25, 0.3) is 0 Å². The lowest BCUT2D eigenvalue weighted by atomic mass is 9.89. The number of ether oxygens (including phenoxy) is 1. The van der Waals surface area contributed by atoms with Crippen molar-refractivity contribution < 1.29 is 14.3 Å². The van der Waals surface area contributed by atoms with Crippen LogP contribution in [0.1, 0.15) is 33.1 Å². The average Bonchev–Trinajstić information content (AvgIpc) is 3.19. The van der Waals surface area contributed by atoms with Gasteiger partial charge in [-0.25, -0.2) is 0 Å². The Bertz CT molecular complexity index is 858. The number of nitrogens with two attached hydrogens (primary N) is 1. The van der Waals surface area contributed by atoms with Crippen LogP contribution in [0.15, 0.2) is 24.4 Å². The number of aromatic nitrogens is 2. The first kappa shape index (κ1) is 18.0. The zero-order chi connectivity index (χ0) is 19.0. The molecule has 0 unspecified atom stereocenters. The lowest BCUT2D eigenvalue weighted by Gasteiger charge is -2.18. The molecular formula is C19H24N4O3. The lowest BCUT2D eigenvalue weighted by molar-refractivity contribution is -0.121. The molecule has 2 aromatic rings. The van der Waals surface area contributed by atoms with Crippen LogP contribution in [-0.2, 0) is 11.8 Å². The standard InChI is InChI=1S/C19H24N4O3/c1-11-7-13(26-4)5-6-14(11)19(25)23-9-16(17(10-23)18(20)24)15-8-21-22(3)12(15)2/h5-8,16-17H,9-10H2,1-4H3,(H2,20,24)/t16-,17+/m1/s1. The zero-order valence-electron chi connectivity index (χ0n) is 15.5. The van der Waals surface area contributed by atoms with Crippen molar-refractivity contribution in [2.45, 2.75) is 19.8 Å². The number of nitrogens with zero attached hydrogens (tertiary/aromatic N) is 3. The monoisotopic (exact) mass is 356 g/mol. The quantitative estimate of drug-likeness (QED) is 0.896. The second kappa shape index (κ2) is 6.82. The molecule has 7 nitrogen and oxygen atoms in total. The zero-order valence-corrected chi connectivity index (χ0v) is 15.5. The summed E-state index contributed by atoms with van der Waals surface area (Å²) in [5.41, 5.74) is 9.03. The number of methoxy groups -OCH3 is 1. The summed E-state index contributed by atoms with van der Waals surface area (Å²) in [7, 11) is 3.45. The van der Waals surface area contributed by atoms with E-state index in [-0.39, 0.29) is 17.7 Å². The van der Waals surface area contributed by atoms with Crippen molar-refractivity contribution in [2.75, 3.05) is 20.2 Å². The summed E-state index contributed by atoms with van der Waals surface area (Å²) >= 11 is 0. The van der Waals surface area contributed by atoms with Crippen LogP contribution in [0.4, 0.5) is 0 Å². The smallest absolute Gasteiger partial charge is 0.254 e. The second-order valence-corrected chi connectivity index (χ2v) is 6.82. The van der Waals surface area contributed by atoms with Crippen LogP contribution in [0.5, 0.6) is 5.75 Å². The second-order valence-electron chi connectivity index (χ2n) is 6.82. The molecule has 7 heteroatoms. The average molecular weight is 356 g/mol. The molecule has 0 radical (unpaired) electrons. The highest BCUT2D eigenvalue weighted by Gasteiger charge is 2.41. The number of hydrogen-bond donors (Lipinski definition) is 1. The molecule has 3 rings (SSSR count). The molecule has 0 spiro atoms. The Morgan fingerprint density at radius 2 is 2.00 bits per heavy atom. The SMILES string of the molecule is COc1ccc(C(=O)N2C[C@H](C(N)=O)[C@@H](c3cnn(C)c3C)C2)c(C)c1. The van der Waals surface area contributed by atoms with Gasteiger partial charge in [0.05, 0.1) is 19.2 Å². The molecule has 2 atom stereocenters. The third-order valence-corrected chi connectivity index (χ3v) is 5.31. The molecule has 1 saturated heterocycles. The summed E-state index contributed by atoms with van der Waals surface area (Å²) in [6.45, 7) is 4.60. The van der Waals surface area contributed by atoms with Crippen LogP contribution >= 0.6 is 0 Å². The van der Waals surface area contributed by atoms with E-state index in [1.807, 2.05) is 27.0 Å². The number of benzene rings is 1. The fourth-order valence-electron chi connectivity index (χ4n) is 3.63. The first-order chi connectivity index (χ1) is 12.3. The normalized spacial score (nSPS) is 19.6. The van der Waals surface area contributed by atoms with Gasteiger partial charge in [-0.3, -0.25) is 14.3 Å². The van der Waals surface area contributed by atoms with Gasteiger partial charge in [-0.2, -0.15) is 5.10 Å². The number of hydrogen-bond acceptors (Lipinski definition) is 4. The van der Waals surface area contributed by atoms with E-state index in [4.69, 9.17) is 10.5 Å². The van der Waals surface area contributed by atoms with Crippen molar-refractivity contribution in [1.29, 1.82) is 0 Å². The largest absolute Gasteiger partial charge is 0.497 e. The molecule has 1 fully saturated rings. The van der Waals surface area contributed by atoms with E-state index < -0.39 is 5.92 Å². The molecule has 26 heavy (non-hydrogen) atoms. The van der Waals surface area contributed by atoms with Gasteiger partial charge in [0.2, 0.25) is 5.91 Å². The summed E-state index contributed by atoms with van der Waals surface area (Å²) in [6.07, 6.45) is 1.77. The Morgan fingerprint density at radius 1 is 1.27 bits per heavy atom. The molecule has 0 saturated carbocycles. The molecule has 1 aliphatic rings. The topological polar surface area (TPSA) is 90.4 Å². The fourth-order valence-corrected chi connectivity index (χ4v) is 3.63. The molecule has 0 aliphatic carbocycles. The number of rotatable bonds is 4. The molecule has 2 N–H and O–H groups in total. The van der Waals surface area contributed by atoms with Crippen molar-refractivity contribution in [2.24, 2.45) is 18.7 Å². The number of carbonyl (C=O) groups is 2. The molecule has 2 heterocycles. The Morgan fingerprint density at radius 3 is 2.54 bits per heavy atom. The molecular weight excluding hydrogens is 332 g/mol. The van der Waals surface area contributed by atoms with Crippen LogP contribution in [0.3, 0.4) is 0 Å². The maximum absolute atomic E-state index is 13.0. The van der Waals surface area contributed by atoms with E-state index in [0.717, 1.165) is 16.8 Å². The number of carbonyl (C=O) groups excluding carboxylic acids is 2. The molecule has 1 aromatic carbocycles. The third-order valence-electron chi connectivity index (χ3n) is 5.31. The summed E-state index contributed by atoms with van der Waals surface area (Å²) in [6, 6.07) is 5.36. The molecule has 1 aromatic heterocycles. The van der Waals surface area contributed by atoms with E-state index in [9.17, 15) is 9.59 Å². The highest BCUT2D eigenvalue weighted by atomic mass is 16.5. The van der Waals surface area contributed by atoms with Crippen LogP contribution < -0.4 is 10.5 Å². The van der Waals surface area contributed by atoms with Gasteiger partial charge < -0.3 is 15.4 Å². The number of likely N-dealkylation sites (tertiary alicyclic amines) is 1. The molecule has 0 bridgehead atoms. The van der Waals surface area contributed by atoms with Crippen molar-refractivity contribution in [1.82, 2.24) is 14.7 Å². The molecule has 2 amide bonds. The van der Waals surface area contributed by atoms with E-state index in [0.29, 0.717) is 24.4 Å². The minimum Gasteiger partial charge on any atom is -0.497 e. The highest BCUT2D eigenvalue weighted by molar-refractivity contribution is 5.96. The summed E-state index contributed by atoms with van der Waals surface area (Å²) < 4.78 is 6.97. The predicted molar refractivity (Wildman–Crippen MR) is 97.0 cm³/mol. The van der Waals surface area contributed by atoms with E-state index in [2.05, 4.69) is 5.10 Å². The summed E-state index contributed by atoms with van der Waals surface area (Å²) in [5.74, 6) is -0.330. The third kappa shape index (κ3) is 3.05. The first-order valence-electron chi connectivity index (χ1n) is 8.55. The fraction of sp³-hybridized carbons (Fsp3) is 0.421. The van der Waals surface area contributed by atoms with Crippen molar-refractivity contribution >= 4 is 11.8 Å². The maximum atomic E-state index is 13.0. The van der Waals surface area contributed by atoms with Gasteiger partial charge in [-0.15, -0.1) is 0 Å². The number of amides is 2. The van der Waals surface area contributed by atoms with Crippen LogP contribution in [0, 0.1) is 19.8 Å². The van der Waals surface area contributed by atoms with Crippen molar-refractivity contribution in [3.05, 3.63) is 46.8 Å². The Hall–Kier alpha value is -2.83.